The first-order valence-corrected chi connectivity index (χ1v) is 14.4. The predicted molar refractivity (Wildman–Crippen MR) is 155 cm³/mol. The van der Waals surface area contributed by atoms with Crippen LogP contribution in [0.4, 0.5) is 0 Å². The highest BCUT2D eigenvalue weighted by Crippen LogP contribution is 2.18. The molecule has 0 aliphatic heterocycles. The van der Waals surface area contributed by atoms with Crippen molar-refractivity contribution in [2.24, 2.45) is 5.10 Å². The van der Waals surface area contributed by atoms with E-state index in [1.165, 1.54) is 57.8 Å². The molecule has 0 atom stereocenters. The van der Waals surface area contributed by atoms with Gasteiger partial charge in [0, 0.05) is 16.5 Å². The third-order valence-electron chi connectivity index (χ3n) is 6.07. The number of rotatable bonds is 19. The third-order valence-corrected chi connectivity index (χ3v) is 6.60. The Balaban J connectivity index is 1.56. The first-order valence-electron chi connectivity index (χ1n) is 13.6. The Bertz CT molecular complexity index is 947. The van der Waals surface area contributed by atoms with Gasteiger partial charge in [-0.3, -0.25) is 9.59 Å². The molecule has 2 aromatic rings. The van der Waals surface area contributed by atoms with Crippen LogP contribution in [-0.2, 0) is 16.2 Å². The van der Waals surface area contributed by atoms with Crippen LogP contribution in [0.25, 0.3) is 0 Å². The Kier molecular flexibility index (Phi) is 16.1. The number of carbonyl (C=O) groups excluding carboxylic acids is 2. The summed E-state index contributed by atoms with van der Waals surface area (Å²) in [5.41, 5.74) is 4.26. The number of benzene rings is 2. The molecule has 0 saturated heterocycles. The van der Waals surface area contributed by atoms with Gasteiger partial charge in [0.25, 0.3) is 5.91 Å². The maximum absolute atomic E-state index is 12.0. The lowest BCUT2D eigenvalue weighted by molar-refractivity contribution is -0.126. The first kappa shape index (κ1) is 30.6. The fraction of sp³-hybridized carbons (Fsp3) is 0.500. The van der Waals surface area contributed by atoms with E-state index in [0.717, 1.165) is 28.4 Å². The van der Waals surface area contributed by atoms with Crippen LogP contribution in [0.15, 0.2) is 58.1 Å². The lowest BCUT2D eigenvalue weighted by atomic mass is 10.1. The Morgan fingerprint density at radius 1 is 0.838 bits per heavy atom. The van der Waals surface area contributed by atoms with Crippen molar-refractivity contribution in [1.82, 2.24) is 10.7 Å². The van der Waals surface area contributed by atoms with Crippen LogP contribution in [0.2, 0.25) is 0 Å². The maximum Gasteiger partial charge on any atom is 0.259 e. The highest BCUT2D eigenvalue weighted by Gasteiger charge is 2.06. The van der Waals surface area contributed by atoms with Gasteiger partial charge in [-0.1, -0.05) is 111 Å². The molecule has 0 bridgehead atoms. The summed E-state index contributed by atoms with van der Waals surface area (Å²) in [5.74, 6) is 0.210. The van der Waals surface area contributed by atoms with E-state index >= 15 is 0 Å². The van der Waals surface area contributed by atoms with Gasteiger partial charge in [0.2, 0.25) is 5.91 Å². The number of halogens is 1. The number of hydrogen-bond donors (Lipinski definition) is 2. The predicted octanol–water partition coefficient (Wildman–Crippen LogP) is 7.30. The molecule has 0 radical (unpaired) electrons. The number of carbonyl (C=O) groups is 2. The molecule has 6 nitrogen and oxygen atoms in total. The molecule has 0 unspecified atom stereocenters. The standard InChI is InChI=1S/C30H42BrN3O3/c1-2-3-4-5-6-7-8-9-10-11-12-17-29(35)32-23-30(36)34-33-22-26-15-13-14-16-28(26)37-24-25-18-20-27(31)21-19-25/h13-16,18-22H,2-12,17,23-24H2,1H3,(H,32,35)(H,34,36)/b33-22-. The summed E-state index contributed by atoms with van der Waals surface area (Å²) in [7, 11) is 0. The fourth-order valence-electron chi connectivity index (χ4n) is 3.89. The number of nitrogens with one attached hydrogen (secondary N) is 2. The molecule has 0 aliphatic carbocycles. The second-order valence-electron chi connectivity index (χ2n) is 9.31. The van der Waals surface area contributed by atoms with E-state index in [0.29, 0.717) is 18.8 Å². The highest BCUT2D eigenvalue weighted by atomic mass is 79.9. The summed E-state index contributed by atoms with van der Waals surface area (Å²) in [6.45, 7) is 2.58. The second-order valence-corrected chi connectivity index (χ2v) is 10.2. The SMILES string of the molecule is CCCCCCCCCCCCCC(=O)NCC(=O)N/N=C\c1ccccc1OCc1ccc(Br)cc1. The monoisotopic (exact) mass is 571 g/mol. The number of amides is 2. The van der Waals surface area contributed by atoms with Crippen molar-refractivity contribution >= 4 is 34.0 Å². The molecule has 37 heavy (non-hydrogen) atoms. The molecule has 0 saturated carbocycles. The molecule has 0 spiro atoms. The van der Waals surface area contributed by atoms with Gasteiger partial charge in [0.05, 0.1) is 12.8 Å². The molecule has 0 heterocycles. The van der Waals surface area contributed by atoms with Crippen LogP contribution < -0.4 is 15.5 Å². The van der Waals surface area contributed by atoms with E-state index in [4.69, 9.17) is 4.74 Å². The lowest BCUT2D eigenvalue weighted by Gasteiger charge is -2.09. The quantitative estimate of drug-likeness (QED) is 0.105. The highest BCUT2D eigenvalue weighted by molar-refractivity contribution is 9.10. The van der Waals surface area contributed by atoms with E-state index < -0.39 is 0 Å². The zero-order valence-electron chi connectivity index (χ0n) is 22.1. The van der Waals surface area contributed by atoms with Crippen LogP contribution in [0.1, 0.15) is 95.1 Å². The molecule has 7 heteroatoms. The van der Waals surface area contributed by atoms with Crippen LogP contribution >= 0.6 is 15.9 Å². The zero-order chi connectivity index (χ0) is 26.6. The summed E-state index contributed by atoms with van der Waals surface area (Å²) >= 11 is 3.43. The van der Waals surface area contributed by atoms with Crippen molar-refractivity contribution in [3.05, 3.63) is 64.1 Å². The summed E-state index contributed by atoms with van der Waals surface area (Å²) in [4.78, 5) is 24.1. The van der Waals surface area contributed by atoms with Crippen LogP contribution in [-0.4, -0.2) is 24.6 Å². The summed E-state index contributed by atoms with van der Waals surface area (Å²) < 4.78 is 6.93. The topological polar surface area (TPSA) is 79.8 Å². The van der Waals surface area contributed by atoms with Gasteiger partial charge in [0.1, 0.15) is 12.4 Å². The minimum Gasteiger partial charge on any atom is -0.488 e. The zero-order valence-corrected chi connectivity index (χ0v) is 23.7. The van der Waals surface area contributed by atoms with Crippen molar-refractivity contribution in [1.29, 1.82) is 0 Å². The second kappa shape index (κ2) is 19.4. The summed E-state index contributed by atoms with van der Waals surface area (Å²) in [6.07, 6.45) is 15.7. The normalized spacial score (nSPS) is 11.0. The smallest absolute Gasteiger partial charge is 0.259 e. The minimum atomic E-state index is -0.364. The van der Waals surface area contributed by atoms with Crippen LogP contribution in [0.3, 0.4) is 0 Å². The first-order chi connectivity index (χ1) is 18.1. The number of hydrogen-bond acceptors (Lipinski definition) is 4. The fourth-order valence-corrected chi connectivity index (χ4v) is 4.16. The van der Waals surface area contributed by atoms with E-state index in [1.54, 1.807) is 6.21 Å². The Hall–Kier alpha value is -2.67. The Morgan fingerprint density at radius 3 is 2.14 bits per heavy atom. The van der Waals surface area contributed by atoms with Crippen molar-refractivity contribution in [3.8, 4) is 5.75 Å². The van der Waals surface area contributed by atoms with Crippen molar-refractivity contribution in [3.63, 3.8) is 0 Å². The Labute approximate surface area is 230 Å². The van der Waals surface area contributed by atoms with E-state index in [2.05, 4.69) is 38.7 Å². The largest absolute Gasteiger partial charge is 0.488 e. The van der Waals surface area contributed by atoms with Crippen molar-refractivity contribution < 1.29 is 14.3 Å². The molecule has 2 rings (SSSR count). The molecule has 0 aliphatic rings. The van der Waals surface area contributed by atoms with Gasteiger partial charge in [-0.2, -0.15) is 5.10 Å². The minimum absolute atomic E-state index is 0.0874. The molecule has 2 aromatic carbocycles. The maximum atomic E-state index is 12.0. The van der Waals surface area contributed by atoms with Gasteiger partial charge in [0.15, 0.2) is 0 Å². The van der Waals surface area contributed by atoms with Gasteiger partial charge in [-0.25, -0.2) is 5.43 Å². The molecule has 0 fully saturated rings. The van der Waals surface area contributed by atoms with Gasteiger partial charge >= 0.3 is 0 Å². The molecular weight excluding hydrogens is 530 g/mol. The van der Waals surface area contributed by atoms with E-state index in [-0.39, 0.29) is 18.4 Å². The van der Waals surface area contributed by atoms with Gasteiger partial charge in [-0.15, -0.1) is 0 Å². The molecular formula is C30H42BrN3O3. The van der Waals surface area contributed by atoms with Crippen LogP contribution in [0.5, 0.6) is 5.75 Å². The van der Waals surface area contributed by atoms with Crippen molar-refractivity contribution in [2.75, 3.05) is 6.54 Å². The number of hydrazone groups is 1. The average Bonchev–Trinajstić information content (AvgIpc) is 2.91. The molecule has 2 N–H and O–H groups in total. The number of unbranched alkanes of at least 4 members (excludes halogenated alkanes) is 10. The van der Waals surface area contributed by atoms with Crippen LogP contribution in [0, 0.1) is 0 Å². The molecule has 2 amide bonds. The Morgan fingerprint density at radius 2 is 1.46 bits per heavy atom. The average molecular weight is 573 g/mol. The van der Waals surface area contributed by atoms with Crippen molar-refractivity contribution in [2.45, 2.75) is 90.6 Å². The molecule has 0 aromatic heterocycles. The lowest BCUT2D eigenvalue weighted by Crippen LogP contribution is -2.34. The van der Waals surface area contributed by atoms with E-state index in [9.17, 15) is 9.59 Å². The van der Waals surface area contributed by atoms with Gasteiger partial charge < -0.3 is 10.1 Å². The number of ether oxygens (including phenoxy) is 1. The summed E-state index contributed by atoms with van der Waals surface area (Å²) in [5, 5.41) is 6.68. The molecule has 202 valence electrons. The summed E-state index contributed by atoms with van der Waals surface area (Å²) in [6, 6.07) is 15.4. The van der Waals surface area contributed by atoms with Gasteiger partial charge in [-0.05, 0) is 36.2 Å². The third kappa shape index (κ3) is 14.6. The van der Waals surface area contributed by atoms with E-state index in [1.807, 2.05) is 48.5 Å². The number of para-hydroxylation sites is 1. The number of nitrogens with zero attached hydrogens (tertiary/aromatic N) is 1.